The van der Waals surface area contributed by atoms with E-state index in [1.54, 1.807) is 18.2 Å². The first-order chi connectivity index (χ1) is 9.41. The lowest BCUT2D eigenvalue weighted by Crippen LogP contribution is -2.07. The fourth-order valence-corrected chi connectivity index (χ4v) is 2.36. The highest BCUT2D eigenvalue weighted by molar-refractivity contribution is 9.10. The normalized spacial score (nSPS) is 10.3. The standard InChI is InChI=1S/C13H8BrClN2O3/c14-10-6-7(17(19)20)5-9(12(10)16)13(18)8-3-1-2-4-11(8)15/h1-6H,16H2. The molecule has 0 saturated carbocycles. The van der Waals surface area contributed by atoms with Gasteiger partial charge in [-0.25, -0.2) is 0 Å². The molecule has 0 radical (unpaired) electrons. The number of nitrogens with zero attached hydrogens (tertiary/aromatic N) is 1. The summed E-state index contributed by atoms with van der Waals surface area (Å²) in [4.78, 5) is 22.7. The van der Waals surface area contributed by atoms with E-state index in [1.807, 2.05) is 0 Å². The average Bonchev–Trinajstić information content (AvgIpc) is 2.41. The zero-order valence-corrected chi connectivity index (χ0v) is 12.3. The minimum absolute atomic E-state index is 0.0409. The van der Waals surface area contributed by atoms with Gasteiger partial charge in [0, 0.05) is 22.2 Å². The van der Waals surface area contributed by atoms with Crippen molar-refractivity contribution in [2.45, 2.75) is 0 Å². The highest BCUT2D eigenvalue weighted by atomic mass is 79.9. The Morgan fingerprint density at radius 3 is 2.50 bits per heavy atom. The highest BCUT2D eigenvalue weighted by Crippen LogP contribution is 2.31. The van der Waals surface area contributed by atoms with Crippen molar-refractivity contribution in [3.05, 3.63) is 67.1 Å². The Hall–Kier alpha value is -1.92. The maximum Gasteiger partial charge on any atom is 0.271 e. The van der Waals surface area contributed by atoms with Crippen molar-refractivity contribution in [2.24, 2.45) is 0 Å². The summed E-state index contributed by atoms with van der Waals surface area (Å²) in [6, 6.07) is 8.84. The van der Waals surface area contributed by atoms with Crippen LogP contribution in [0.1, 0.15) is 15.9 Å². The number of anilines is 1. The van der Waals surface area contributed by atoms with E-state index in [-0.39, 0.29) is 27.5 Å². The van der Waals surface area contributed by atoms with Crippen molar-refractivity contribution in [1.82, 2.24) is 0 Å². The minimum atomic E-state index is -0.590. The van der Waals surface area contributed by atoms with Gasteiger partial charge in [-0.05, 0) is 28.1 Å². The molecule has 0 aromatic heterocycles. The summed E-state index contributed by atoms with van der Waals surface area (Å²) in [5.74, 6) is -0.461. The van der Waals surface area contributed by atoms with Crippen molar-refractivity contribution in [1.29, 1.82) is 0 Å². The maximum absolute atomic E-state index is 12.4. The van der Waals surface area contributed by atoms with Crippen LogP contribution in [0.2, 0.25) is 5.02 Å². The summed E-state index contributed by atoms with van der Waals surface area (Å²) >= 11 is 9.07. The number of hydrogen-bond acceptors (Lipinski definition) is 4. The van der Waals surface area contributed by atoms with E-state index in [1.165, 1.54) is 12.1 Å². The van der Waals surface area contributed by atoms with Gasteiger partial charge >= 0.3 is 0 Å². The van der Waals surface area contributed by atoms with Crippen molar-refractivity contribution in [3.63, 3.8) is 0 Å². The number of hydrogen-bond donors (Lipinski definition) is 1. The Balaban J connectivity index is 2.61. The van der Waals surface area contributed by atoms with Gasteiger partial charge in [0.1, 0.15) is 0 Å². The molecule has 2 N–H and O–H groups in total. The largest absolute Gasteiger partial charge is 0.397 e. The van der Waals surface area contributed by atoms with Gasteiger partial charge in [0.15, 0.2) is 5.78 Å². The van der Waals surface area contributed by atoms with Gasteiger partial charge in [-0.3, -0.25) is 14.9 Å². The quantitative estimate of drug-likeness (QED) is 0.392. The van der Waals surface area contributed by atoms with Crippen molar-refractivity contribution in [3.8, 4) is 0 Å². The molecule has 0 aliphatic heterocycles. The summed E-state index contributed by atoms with van der Waals surface area (Å²) in [5, 5.41) is 11.1. The second kappa shape index (κ2) is 5.60. The Kier molecular flexibility index (Phi) is 4.06. The number of ketones is 1. The molecule has 102 valence electrons. The molecule has 0 spiro atoms. The minimum Gasteiger partial charge on any atom is -0.397 e. The first-order valence-electron chi connectivity index (χ1n) is 5.44. The zero-order chi connectivity index (χ0) is 14.9. The Labute approximate surface area is 127 Å². The van der Waals surface area contributed by atoms with E-state index in [4.69, 9.17) is 17.3 Å². The molecule has 7 heteroatoms. The summed E-state index contributed by atoms with van der Waals surface area (Å²) < 4.78 is 0.294. The van der Waals surface area contributed by atoms with E-state index in [0.717, 1.165) is 6.07 Å². The Morgan fingerprint density at radius 1 is 1.25 bits per heavy atom. The molecule has 0 unspecified atom stereocenters. The number of nitrogens with two attached hydrogens (primary N) is 1. The predicted molar refractivity (Wildman–Crippen MR) is 80.1 cm³/mol. The molecule has 0 aliphatic carbocycles. The summed E-state index contributed by atoms with van der Waals surface area (Å²) in [5.41, 5.74) is 6.01. The Bertz CT molecular complexity index is 719. The lowest BCUT2D eigenvalue weighted by molar-refractivity contribution is -0.384. The Morgan fingerprint density at radius 2 is 1.90 bits per heavy atom. The number of nitrogen functional groups attached to an aromatic ring is 1. The van der Waals surface area contributed by atoms with Gasteiger partial charge in [-0.2, -0.15) is 0 Å². The van der Waals surface area contributed by atoms with Crippen molar-refractivity contribution in [2.75, 3.05) is 5.73 Å². The fourth-order valence-electron chi connectivity index (χ4n) is 1.69. The van der Waals surface area contributed by atoms with Crippen LogP contribution in [0.15, 0.2) is 40.9 Å². The molecule has 20 heavy (non-hydrogen) atoms. The van der Waals surface area contributed by atoms with Crippen LogP contribution in [0.5, 0.6) is 0 Å². The molecule has 2 aromatic carbocycles. The summed E-state index contributed by atoms with van der Waals surface area (Å²) in [7, 11) is 0. The van der Waals surface area contributed by atoms with E-state index < -0.39 is 10.7 Å². The van der Waals surface area contributed by atoms with Crippen molar-refractivity contribution < 1.29 is 9.72 Å². The second-order valence-electron chi connectivity index (χ2n) is 3.95. The van der Waals surface area contributed by atoms with Crippen LogP contribution in [0, 0.1) is 10.1 Å². The van der Waals surface area contributed by atoms with E-state index >= 15 is 0 Å². The topological polar surface area (TPSA) is 86.2 Å². The second-order valence-corrected chi connectivity index (χ2v) is 5.22. The number of halogens is 2. The van der Waals surface area contributed by atoms with E-state index in [9.17, 15) is 14.9 Å². The van der Waals surface area contributed by atoms with Gasteiger partial charge in [-0.1, -0.05) is 23.7 Å². The number of nitro benzene ring substituents is 1. The molecule has 0 atom stereocenters. The summed E-state index contributed by atoms with van der Waals surface area (Å²) in [6.45, 7) is 0. The van der Waals surface area contributed by atoms with E-state index in [2.05, 4.69) is 15.9 Å². The molecular weight excluding hydrogens is 348 g/mol. The van der Waals surface area contributed by atoms with Gasteiger partial charge in [0.25, 0.3) is 5.69 Å². The number of nitro groups is 1. The molecule has 0 saturated heterocycles. The highest BCUT2D eigenvalue weighted by Gasteiger charge is 2.21. The lowest BCUT2D eigenvalue weighted by Gasteiger charge is -2.08. The lowest BCUT2D eigenvalue weighted by atomic mass is 10.0. The number of carbonyl (C=O) groups is 1. The number of benzene rings is 2. The third kappa shape index (κ3) is 2.66. The fraction of sp³-hybridized carbons (Fsp3) is 0. The first kappa shape index (κ1) is 14.5. The summed E-state index contributed by atoms with van der Waals surface area (Å²) in [6.07, 6.45) is 0. The smallest absolute Gasteiger partial charge is 0.271 e. The molecule has 2 rings (SSSR count). The van der Waals surface area contributed by atoms with Crippen LogP contribution in [-0.2, 0) is 0 Å². The molecule has 0 amide bonds. The number of carbonyl (C=O) groups excluding carboxylic acids is 1. The van der Waals surface area contributed by atoms with Crippen LogP contribution in [-0.4, -0.2) is 10.7 Å². The predicted octanol–water partition coefficient (Wildman–Crippen LogP) is 3.82. The monoisotopic (exact) mass is 354 g/mol. The van der Waals surface area contributed by atoms with Gasteiger partial charge in [0.2, 0.25) is 0 Å². The molecule has 2 aromatic rings. The van der Waals surface area contributed by atoms with Gasteiger partial charge in [-0.15, -0.1) is 0 Å². The number of non-ortho nitro benzene ring substituents is 1. The number of rotatable bonds is 3. The zero-order valence-electron chi connectivity index (χ0n) is 9.97. The van der Waals surface area contributed by atoms with E-state index in [0.29, 0.717) is 4.47 Å². The SMILES string of the molecule is Nc1c(Br)cc([N+](=O)[O-])cc1C(=O)c1ccccc1Cl. The van der Waals surface area contributed by atoms with Crippen LogP contribution >= 0.6 is 27.5 Å². The van der Waals surface area contributed by atoms with Crippen molar-refractivity contribution >= 4 is 44.7 Å². The van der Waals surface area contributed by atoms with Crippen LogP contribution < -0.4 is 5.73 Å². The maximum atomic E-state index is 12.4. The molecule has 0 fully saturated rings. The van der Waals surface area contributed by atoms with Crippen LogP contribution in [0.4, 0.5) is 11.4 Å². The van der Waals surface area contributed by atoms with Gasteiger partial charge in [0.05, 0.1) is 21.2 Å². The third-order valence-corrected chi connectivity index (χ3v) is 3.67. The van der Waals surface area contributed by atoms with Gasteiger partial charge < -0.3 is 5.73 Å². The average molecular weight is 356 g/mol. The first-order valence-corrected chi connectivity index (χ1v) is 6.61. The molecule has 0 aliphatic rings. The third-order valence-electron chi connectivity index (χ3n) is 2.69. The molecule has 0 bridgehead atoms. The van der Waals surface area contributed by atoms with Crippen LogP contribution in [0.25, 0.3) is 0 Å². The molecule has 5 nitrogen and oxygen atoms in total. The molecular formula is C13H8BrClN2O3. The molecule has 0 heterocycles. The van der Waals surface area contributed by atoms with Crippen LogP contribution in [0.3, 0.4) is 0 Å².